The molecule has 1 fully saturated rings. The van der Waals surface area contributed by atoms with Crippen molar-refractivity contribution in [2.24, 2.45) is 0 Å². The van der Waals surface area contributed by atoms with Crippen molar-refractivity contribution in [1.82, 2.24) is 0 Å². The molecule has 656 valence electrons. The molecule has 16 rings (SSSR count). The standard InChI is InChI=1S/C58H45N3O4S5.C52H39N3O4S4/c1-3-4-5-6-7-46-26-27-47(66-46)23-14-39-8-17-43(18-9-39)61(44-19-10-40(11-20-44)15-24-48-28-32-53(67-48)55-34-30-50(69-55)36-42(38-59)57(62)63)45-21-12-41(13-22-45)16-25-49-29-33-54(68-49)56-35-31-51(70-56)37-52(60-2)58(64)65;1-54-46(52(58)59)32-45-26-30-50(63-45)48-28-24-43(61-48)22-12-35-9-17-40(18-10-35)55(41-19-13-37(14-20-41)36-5-3-2-4-6-36)39-15-7-34(8-16-39)11-21-42-23-27-47(60-42)49-29-25-44(62-49)31-38(33-53)51(56)57/h8-37H,3-7H2,1H3,(H,62,63)(H,64,65);7-32,36H,2-6H2,(H,56,57)(H,58,59)/b23-14+,24-15+,25-16+,42-36+,52-37-;21-11+,22-12+,38-31+,46-32-. The van der Waals surface area contributed by atoms with Gasteiger partial charge in [-0.05, 0) is 302 Å². The maximum atomic E-state index is 11.3. The molecule has 23 heteroatoms. The highest BCUT2D eigenvalue weighted by Gasteiger charge is 2.21. The van der Waals surface area contributed by atoms with Gasteiger partial charge in [0.15, 0.2) is 0 Å². The maximum absolute atomic E-state index is 11.3. The van der Waals surface area contributed by atoms with Crippen LogP contribution in [0.1, 0.15) is 153 Å². The molecule has 0 amide bonds. The van der Waals surface area contributed by atoms with E-state index in [1.54, 1.807) is 57.5 Å². The fourth-order valence-corrected chi connectivity index (χ4v) is 23.6. The lowest BCUT2D eigenvalue weighted by Gasteiger charge is -2.27. The number of hydrogen-bond donors (Lipinski definition) is 4. The molecule has 9 aromatic heterocycles. The molecular weight excluding hydrogens is 1820 g/mol. The summed E-state index contributed by atoms with van der Waals surface area (Å²) in [5.41, 5.74) is 11.9. The Morgan fingerprint density at radius 2 is 0.586 bits per heavy atom. The Morgan fingerprint density at radius 3 is 0.857 bits per heavy atom. The molecule has 0 bridgehead atoms. The Morgan fingerprint density at radius 1 is 0.323 bits per heavy atom. The van der Waals surface area contributed by atoms with Crippen LogP contribution in [0, 0.1) is 35.8 Å². The summed E-state index contributed by atoms with van der Waals surface area (Å²) in [6.07, 6.45) is 39.5. The Balaban J connectivity index is 0.000000204. The molecule has 0 aliphatic heterocycles. The predicted molar refractivity (Wildman–Crippen MR) is 562 cm³/mol. The maximum Gasteiger partial charge on any atom is 0.346 e. The SMILES string of the molecule is [C-]#[N+]/C(=C\c1ccc(-c2ccc(/C=C/c3ccc(N(c4ccc(/C=C/c5ccc(-c6ccc(/C=C(\C#N)C(=O)O)s6)s5)cc4)c4ccc(C5CCCCC5)cc4)cc3)s2)s1)C(=O)O.[C-]#[N+]/C(=C\c1ccc(-c2ccc(/C=C/c3ccc(N(c4ccc(/C=C/c5ccc(CCCCCC)s5)cc4)c4ccc(/C=C/c5ccc(-c6ccc(/C=C(\C#N)C(=O)O)s6)s5)cc4)cc3)s2)s1)C(=O)O. The lowest BCUT2D eigenvalue weighted by atomic mass is 9.84. The number of anilines is 6. The number of unbranched alkanes of at least 4 members (excludes halogenated alkanes) is 3. The molecule has 0 spiro atoms. The molecule has 1 aliphatic rings. The molecule has 1 aliphatic carbocycles. The Bertz CT molecular complexity index is 6800. The van der Waals surface area contributed by atoms with Gasteiger partial charge in [-0.1, -0.05) is 149 Å². The number of hydrogen-bond acceptors (Lipinski definition) is 17. The Labute approximate surface area is 808 Å². The molecule has 6 aromatic carbocycles. The van der Waals surface area contributed by atoms with Crippen molar-refractivity contribution in [3.63, 3.8) is 0 Å². The number of aliphatic carboxylic acids is 4. The van der Waals surface area contributed by atoms with Gasteiger partial charge in [0.2, 0.25) is 0 Å². The zero-order chi connectivity index (χ0) is 92.5. The van der Waals surface area contributed by atoms with Crippen molar-refractivity contribution in [3.8, 4) is 51.2 Å². The average Bonchev–Trinajstić information content (AvgIpc) is 1.70. The van der Waals surface area contributed by atoms with E-state index < -0.39 is 23.9 Å². The first-order valence-electron chi connectivity index (χ1n) is 42.7. The fourth-order valence-electron chi connectivity index (χ4n) is 14.8. The normalized spacial score (nSPS) is 12.8. The second kappa shape index (κ2) is 45.5. The number of aryl methyl sites for hydroxylation is 1. The number of benzene rings is 6. The van der Waals surface area contributed by atoms with Gasteiger partial charge < -0.3 is 30.2 Å². The van der Waals surface area contributed by atoms with Gasteiger partial charge in [-0.2, -0.15) is 10.5 Å². The van der Waals surface area contributed by atoms with Crippen molar-refractivity contribution in [2.75, 3.05) is 9.80 Å². The van der Waals surface area contributed by atoms with Crippen molar-refractivity contribution < 1.29 is 39.6 Å². The van der Waals surface area contributed by atoms with E-state index in [1.807, 2.05) is 59.9 Å². The third kappa shape index (κ3) is 25.3. The number of carboxylic acid groups (broad SMARTS) is 4. The first kappa shape index (κ1) is 93.4. The van der Waals surface area contributed by atoms with Crippen LogP contribution in [-0.2, 0) is 25.6 Å². The minimum atomic E-state index is -1.23. The summed E-state index contributed by atoms with van der Waals surface area (Å²) in [7, 11) is 0. The quantitative estimate of drug-likeness (QED) is 0.0128. The number of carboxylic acids is 4. The van der Waals surface area contributed by atoms with E-state index in [-0.39, 0.29) is 22.5 Å². The van der Waals surface area contributed by atoms with Crippen LogP contribution in [0.5, 0.6) is 0 Å². The van der Waals surface area contributed by atoms with Crippen LogP contribution < -0.4 is 9.80 Å². The van der Waals surface area contributed by atoms with E-state index in [4.69, 9.17) is 23.7 Å². The van der Waals surface area contributed by atoms with E-state index in [0.717, 1.165) is 142 Å². The molecule has 0 atom stereocenters. The first-order chi connectivity index (χ1) is 64.9. The van der Waals surface area contributed by atoms with E-state index in [2.05, 4.69) is 293 Å². The summed E-state index contributed by atoms with van der Waals surface area (Å²) < 4.78 is 0. The third-order valence-electron chi connectivity index (χ3n) is 21.6. The lowest BCUT2D eigenvalue weighted by molar-refractivity contribution is -0.133. The summed E-state index contributed by atoms with van der Waals surface area (Å²) in [4.78, 5) is 74.3. The van der Waals surface area contributed by atoms with Crippen molar-refractivity contribution >= 4 is 245 Å². The van der Waals surface area contributed by atoms with Crippen LogP contribution in [0.2, 0.25) is 0 Å². The number of rotatable bonds is 34. The lowest BCUT2D eigenvalue weighted by Crippen LogP contribution is -2.10. The number of nitriles is 2. The van der Waals surface area contributed by atoms with Gasteiger partial charge in [-0.25, -0.2) is 19.3 Å². The summed E-state index contributed by atoms with van der Waals surface area (Å²) in [5, 5.41) is 55.2. The summed E-state index contributed by atoms with van der Waals surface area (Å²) >= 11 is 14.3. The van der Waals surface area contributed by atoms with Gasteiger partial charge in [0.05, 0.1) is 13.1 Å². The zero-order valence-electron chi connectivity index (χ0n) is 71.8. The topological polar surface area (TPSA) is 212 Å². The first-order valence-corrected chi connectivity index (χ1v) is 50.1. The van der Waals surface area contributed by atoms with Crippen LogP contribution >= 0.6 is 102 Å². The van der Waals surface area contributed by atoms with Crippen LogP contribution in [0.3, 0.4) is 0 Å². The minimum Gasteiger partial charge on any atom is -0.486 e. The summed E-state index contributed by atoms with van der Waals surface area (Å²) in [6, 6.07) is 91.7. The molecule has 0 saturated heterocycles. The number of carbonyl (C=O) groups is 4. The van der Waals surface area contributed by atoms with Gasteiger partial charge in [0.1, 0.15) is 23.3 Å². The summed E-state index contributed by atoms with van der Waals surface area (Å²) in [6.45, 7) is 16.5. The molecule has 15 aromatic rings. The van der Waals surface area contributed by atoms with Crippen molar-refractivity contribution in [3.05, 3.63) is 382 Å². The monoisotopic (exact) mass is 1900 g/mol. The Kier molecular flexibility index (Phi) is 32.0. The van der Waals surface area contributed by atoms with E-state index in [0.29, 0.717) is 10.8 Å². The number of thiophene rings is 9. The fraction of sp³-hybridized carbons (Fsp3) is 0.109. The van der Waals surface area contributed by atoms with Crippen LogP contribution in [0.4, 0.5) is 34.1 Å². The molecule has 4 N–H and O–H groups in total. The van der Waals surface area contributed by atoms with Gasteiger partial charge in [-0.3, -0.25) is 9.59 Å². The summed E-state index contributed by atoms with van der Waals surface area (Å²) in [5.74, 6) is -4.29. The van der Waals surface area contributed by atoms with Gasteiger partial charge in [-0.15, -0.1) is 102 Å². The third-order valence-corrected chi connectivity index (χ3v) is 31.9. The van der Waals surface area contributed by atoms with Crippen molar-refractivity contribution in [2.45, 2.75) is 77.0 Å². The van der Waals surface area contributed by atoms with Crippen LogP contribution in [0.15, 0.2) is 277 Å². The average molecular weight is 1910 g/mol. The van der Waals surface area contributed by atoms with Gasteiger partial charge >= 0.3 is 23.9 Å². The highest BCUT2D eigenvalue weighted by atomic mass is 32.1. The van der Waals surface area contributed by atoms with E-state index in [9.17, 15) is 39.6 Å². The largest absolute Gasteiger partial charge is 0.486 e. The van der Waals surface area contributed by atoms with Gasteiger partial charge in [0.25, 0.3) is 11.4 Å². The Hall–Kier alpha value is -14.3. The predicted octanol–water partition coefficient (Wildman–Crippen LogP) is 33.2. The van der Waals surface area contributed by atoms with Crippen LogP contribution in [0.25, 0.3) is 134 Å². The zero-order valence-corrected chi connectivity index (χ0v) is 79.1. The second-order valence-corrected chi connectivity index (χ2v) is 40.9. The molecule has 14 nitrogen and oxygen atoms in total. The molecular formula is C110H84N6O8S9. The smallest absolute Gasteiger partial charge is 0.346 e. The van der Waals surface area contributed by atoms with Gasteiger partial charge in [0, 0.05) is 122 Å². The molecule has 9 heterocycles. The molecule has 1 saturated carbocycles. The number of nitrogens with zero attached hydrogens (tertiary/aromatic N) is 6. The van der Waals surface area contributed by atoms with Crippen LogP contribution in [-0.4, -0.2) is 44.3 Å². The highest BCUT2D eigenvalue weighted by Crippen LogP contribution is 2.44. The molecule has 0 unspecified atom stereocenters. The molecule has 133 heavy (non-hydrogen) atoms. The minimum absolute atomic E-state index is 0.284. The van der Waals surface area contributed by atoms with E-state index >= 15 is 0 Å². The second-order valence-electron chi connectivity index (χ2n) is 30.8. The highest BCUT2D eigenvalue weighted by molar-refractivity contribution is 7.25. The van der Waals surface area contributed by atoms with E-state index in [1.165, 1.54) is 143 Å². The van der Waals surface area contributed by atoms with Crippen molar-refractivity contribution in [1.29, 1.82) is 10.5 Å². The molecule has 0 radical (unpaired) electrons.